The van der Waals surface area contributed by atoms with E-state index in [1.807, 2.05) is 0 Å². The molecule has 0 aliphatic carbocycles. The first-order valence-electron chi connectivity index (χ1n) is 2.72. The number of nitrogens with zero attached hydrogens (tertiary/aromatic N) is 1. The number of hydrogen-bond donors (Lipinski definition) is 1. The van der Waals surface area contributed by atoms with Crippen LogP contribution in [-0.4, -0.2) is 10.9 Å². The highest BCUT2D eigenvalue weighted by atomic mass is 35.5. The molecule has 1 rings (SSSR count). The van der Waals surface area contributed by atoms with E-state index in [4.69, 9.17) is 28.9 Å². The van der Waals surface area contributed by atoms with Gasteiger partial charge in [0, 0.05) is 6.20 Å². The lowest BCUT2D eigenvalue weighted by atomic mass is 10.2. The number of rotatable bonds is 1. The van der Waals surface area contributed by atoms with E-state index in [-0.39, 0.29) is 15.7 Å². The van der Waals surface area contributed by atoms with Gasteiger partial charge in [0.05, 0.1) is 10.6 Å². The maximum atomic E-state index is 10.6. The lowest BCUT2D eigenvalue weighted by Crippen LogP contribution is -2.11. The Kier molecular flexibility index (Phi) is 2.31. The summed E-state index contributed by atoms with van der Waals surface area (Å²) in [6, 6.07) is 1.41. The van der Waals surface area contributed by atoms with Gasteiger partial charge in [-0.1, -0.05) is 23.2 Å². The van der Waals surface area contributed by atoms with E-state index in [0.717, 1.165) is 0 Å². The van der Waals surface area contributed by atoms with Gasteiger partial charge in [-0.2, -0.15) is 0 Å². The molecule has 11 heavy (non-hydrogen) atoms. The number of carbonyl (C=O) groups is 1. The van der Waals surface area contributed by atoms with Crippen molar-refractivity contribution in [2.75, 3.05) is 0 Å². The van der Waals surface area contributed by atoms with Gasteiger partial charge in [-0.05, 0) is 6.07 Å². The molecule has 0 unspecified atom stereocenters. The van der Waals surface area contributed by atoms with E-state index in [2.05, 4.69) is 4.98 Å². The van der Waals surface area contributed by atoms with Crippen molar-refractivity contribution in [3.63, 3.8) is 0 Å². The molecule has 1 aromatic rings. The minimum Gasteiger partial charge on any atom is -0.366 e. The summed E-state index contributed by atoms with van der Waals surface area (Å²) in [5.41, 5.74) is 5.16. The maximum absolute atomic E-state index is 10.6. The number of pyridine rings is 1. The van der Waals surface area contributed by atoms with Gasteiger partial charge in [0.15, 0.2) is 0 Å². The molecule has 58 valence electrons. The summed E-state index contributed by atoms with van der Waals surface area (Å²) in [5.74, 6) is -0.612. The van der Waals surface area contributed by atoms with Crippen LogP contribution in [0.4, 0.5) is 0 Å². The molecular formula is C6H4Cl2N2O. The highest BCUT2D eigenvalue weighted by molar-refractivity contribution is 6.43. The first-order valence-corrected chi connectivity index (χ1v) is 3.48. The van der Waals surface area contributed by atoms with Crippen LogP contribution >= 0.6 is 23.2 Å². The van der Waals surface area contributed by atoms with E-state index in [0.29, 0.717) is 0 Å². The second-order valence-electron chi connectivity index (χ2n) is 1.83. The predicted octanol–water partition coefficient (Wildman–Crippen LogP) is 1.49. The zero-order valence-corrected chi connectivity index (χ0v) is 6.86. The predicted molar refractivity (Wildman–Crippen MR) is 42.8 cm³/mol. The molecule has 0 saturated carbocycles. The molecule has 1 heterocycles. The van der Waals surface area contributed by atoms with Crippen LogP contribution in [0.1, 0.15) is 10.4 Å². The maximum Gasteiger partial charge on any atom is 0.250 e. The standard InChI is InChI=1S/C6H4Cl2N2O/c7-4-3(6(9)11)1-2-10-5(4)8/h1-2H,(H2,9,11). The van der Waals surface area contributed by atoms with Gasteiger partial charge in [-0.15, -0.1) is 0 Å². The van der Waals surface area contributed by atoms with E-state index in [9.17, 15) is 4.79 Å². The third-order valence-corrected chi connectivity index (χ3v) is 1.88. The quantitative estimate of drug-likeness (QED) is 0.683. The van der Waals surface area contributed by atoms with Gasteiger partial charge in [0.2, 0.25) is 5.91 Å². The van der Waals surface area contributed by atoms with Crippen molar-refractivity contribution in [2.45, 2.75) is 0 Å². The number of nitrogens with two attached hydrogens (primary N) is 1. The molecule has 3 nitrogen and oxygen atoms in total. The van der Waals surface area contributed by atoms with Crippen LogP contribution < -0.4 is 5.73 Å². The molecule has 0 aliphatic heterocycles. The fraction of sp³-hybridized carbons (Fsp3) is 0. The summed E-state index contributed by atoms with van der Waals surface area (Å²) in [7, 11) is 0. The van der Waals surface area contributed by atoms with Gasteiger partial charge in [-0.3, -0.25) is 4.79 Å². The van der Waals surface area contributed by atoms with Crippen LogP contribution in [0.15, 0.2) is 12.3 Å². The van der Waals surface area contributed by atoms with Crippen molar-refractivity contribution in [3.05, 3.63) is 28.0 Å². The molecule has 0 atom stereocenters. The minimum atomic E-state index is -0.612. The number of hydrogen-bond acceptors (Lipinski definition) is 2. The highest BCUT2D eigenvalue weighted by Gasteiger charge is 2.08. The number of aromatic nitrogens is 1. The summed E-state index contributed by atoms with van der Waals surface area (Å²) in [6.07, 6.45) is 1.37. The van der Waals surface area contributed by atoms with Crippen LogP contribution in [0.2, 0.25) is 10.2 Å². The van der Waals surface area contributed by atoms with Crippen LogP contribution in [0, 0.1) is 0 Å². The Morgan fingerprint density at radius 1 is 1.55 bits per heavy atom. The molecule has 1 amide bonds. The second kappa shape index (κ2) is 3.07. The molecule has 0 aliphatic rings. The van der Waals surface area contributed by atoms with Crippen LogP contribution in [0.5, 0.6) is 0 Å². The van der Waals surface area contributed by atoms with Crippen molar-refractivity contribution in [3.8, 4) is 0 Å². The van der Waals surface area contributed by atoms with Crippen LogP contribution in [0.3, 0.4) is 0 Å². The van der Waals surface area contributed by atoms with Crippen LogP contribution in [0.25, 0.3) is 0 Å². The van der Waals surface area contributed by atoms with Crippen molar-refractivity contribution in [1.29, 1.82) is 0 Å². The molecular weight excluding hydrogens is 187 g/mol. The first kappa shape index (κ1) is 8.30. The lowest BCUT2D eigenvalue weighted by Gasteiger charge is -1.98. The molecule has 0 fully saturated rings. The molecule has 0 aromatic carbocycles. The Morgan fingerprint density at radius 2 is 2.18 bits per heavy atom. The van der Waals surface area contributed by atoms with Gasteiger partial charge in [0.25, 0.3) is 0 Å². The van der Waals surface area contributed by atoms with E-state index < -0.39 is 5.91 Å². The molecule has 0 spiro atoms. The van der Waals surface area contributed by atoms with E-state index in [1.165, 1.54) is 12.3 Å². The molecule has 2 N–H and O–H groups in total. The van der Waals surface area contributed by atoms with Crippen molar-refractivity contribution in [1.82, 2.24) is 4.98 Å². The van der Waals surface area contributed by atoms with Gasteiger partial charge >= 0.3 is 0 Å². The number of amides is 1. The number of primary amides is 1. The lowest BCUT2D eigenvalue weighted by molar-refractivity contribution is 0.100. The third-order valence-electron chi connectivity index (χ3n) is 1.11. The zero-order chi connectivity index (χ0) is 8.43. The van der Waals surface area contributed by atoms with Crippen molar-refractivity contribution in [2.24, 2.45) is 5.73 Å². The Morgan fingerprint density at radius 3 is 2.64 bits per heavy atom. The summed E-state index contributed by atoms with van der Waals surface area (Å²) < 4.78 is 0. The van der Waals surface area contributed by atoms with Gasteiger partial charge < -0.3 is 5.73 Å². The topological polar surface area (TPSA) is 56.0 Å². The molecule has 0 radical (unpaired) electrons. The largest absolute Gasteiger partial charge is 0.366 e. The summed E-state index contributed by atoms with van der Waals surface area (Å²) in [5, 5.41) is 0.185. The minimum absolute atomic E-state index is 0.0861. The normalized spacial score (nSPS) is 9.64. The fourth-order valence-corrected chi connectivity index (χ4v) is 0.972. The SMILES string of the molecule is NC(=O)c1ccnc(Cl)c1Cl. The van der Waals surface area contributed by atoms with Gasteiger partial charge in [0.1, 0.15) is 5.15 Å². The molecule has 0 saturated heterocycles. The summed E-state index contributed by atoms with van der Waals surface area (Å²) in [4.78, 5) is 14.3. The summed E-state index contributed by atoms with van der Waals surface area (Å²) in [6.45, 7) is 0. The van der Waals surface area contributed by atoms with Crippen molar-refractivity contribution >= 4 is 29.1 Å². The zero-order valence-electron chi connectivity index (χ0n) is 5.34. The molecule has 5 heteroatoms. The number of halogens is 2. The Balaban J connectivity index is 3.27. The van der Waals surface area contributed by atoms with E-state index >= 15 is 0 Å². The number of carbonyl (C=O) groups excluding carboxylic acids is 1. The van der Waals surface area contributed by atoms with E-state index in [1.54, 1.807) is 0 Å². The Labute approximate surface area is 73.1 Å². The van der Waals surface area contributed by atoms with Crippen LogP contribution in [-0.2, 0) is 0 Å². The first-order chi connectivity index (χ1) is 5.13. The summed E-state index contributed by atoms with van der Waals surface area (Å²) >= 11 is 11.1. The molecule has 0 bridgehead atoms. The van der Waals surface area contributed by atoms with Gasteiger partial charge in [-0.25, -0.2) is 4.98 Å². The fourth-order valence-electron chi connectivity index (χ4n) is 0.609. The Hall–Kier alpha value is -0.800. The molecule has 1 aromatic heterocycles. The van der Waals surface area contributed by atoms with Crippen molar-refractivity contribution < 1.29 is 4.79 Å². The smallest absolute Gasteiger partial charge is 0.250 e. The third kappa shape index (κ3) is 1.61. The average molecular weight is 191 g/mol. The monoisotopic (exact) mass is 190 g/mol. The highest BCUT2D eigenvalue weighted by Crippen LogP contribution is 2.22. The average Bonchev–Trinajstić information content (AvgIpc) is 1.94. The Bertz CT molecular complexity index is 301. The second-order valence-corrected chi connectivity index (χ2v) is 2.56.